The number of benzene rings is 2. The largest absolute Gasteiger partial charge is 0.306 e. The van der Waals surface area contributed by atoms with Crippen LogP contribution < -0.4 is 5.32 Å². The molecule has 0 aliphatic heterocycles. The molecule has 0 spiro atoms. The van der Waals surface area contributed by atoms with Gasteiger partial charge in [-0.2, -0.15) is 0 Å². The van der Waals surface area contributed by atoms with Gasteiger partial charge >= 0.3 is 0 Å². The lowest BCUT2D eigenvalue weighted by atomic mass is 9.94. The Hall–Kier alpha value is -1.26. The van der Waals surface area contributed by atoms with Crippen LogP contribution in [0.5, 0.6) is 0 Å². The Kier molecular flexibility index (Phi) is 4.89. The number of hydrogen-bond acceptors (Lipinski definition) is 1. The topological polar surface area (TPSA) is 12.0 Å². The predicted octanol–water partition coefficient (Wildman–Crippen LogP) is 4.73. The van der Waals surface area contributed by atoms with Crippen LogP contribution in [-0.4, -0.2) is 6.54 Å². The van der Waals surface area contributed by atoms with E-state index < -0.39 is 11.6 Å². The number of aryl methyl sites for hydroxylation is 1. The van der Waals surface area contributed by atoms with Gasteiger partial charge in [0, 0.05) is 5.56 Å². The molecule has 0 aliphatic rings. The molecular formula is C16H16BrF2N. The molecule has 0 aromatic heterocycles. The van der Waals surface area contributed by atoms with Gasteiger partial charge in [-0.25, -0.2) is 8.78 Å². The Balaban J connectivity index is 2.54. The predicted molar refractivity (Wildman–Crippen MR) is 80.8 cm³/mol. The highest BCUT2D eigenvalue weighted by Crippen LogP contribution is 2.30. The summed E-state index contributed by atoms with van der Waals surface area (Å²) < 4.78 is 28.1. The lowest BCUT2D eigenvalue weighted by Gasteiger charge is -2.21. The molecule has 4 heteroatoms. The van der Waals surface area contributed by atoms with Gasteiger partial charge in [0.2, 0.25) is 0 Å². The third-order valence-electron chi connectivity index (χ3n) is 3.26. The maximum atomic E-state index is 14.2. The van der Waals surface area contributed by atoms with Crippen LogP contribution in [0.4, 0.5) is 8.78 Å². The van der Waals surface area contributed by atoms with Gasteiger partial charge in [-0.15, -0.1) is 0 Å². The van der Waals surface area contributed by atoms with Crippen LogP contribution in [0.2, 0.25) is 0 Å². The van der Waals surface area contributed by atoms with Crippen molar-refractivity contribution in [2.75, 3.05) is 6.54 Å². The van der Waals surface area contributed by atoms with E-state index >= 15 is 0 Å². The number of halogens is 3. The summed E-state index contributed by atoms with van der Waals surface area (Å²) in [4.78, 5) is 0. The molecule has 0 heterocycles. The van der Waals surface area contributed by atoms with Crippen molar-refractivity contribution < 1.29 is 8.78 Å². The van der Waals surface area contributed by atoms with E-state index in [4.69, 9.17) is 0 Å². The fraction of sp³-hybridized carbons (Fsp3) is 0.250. The van der Waals surface area contributed by atoms with Crippen molar-refractivity contribution >= 4 is 15.9 Å². The second-order valence-electron chi connectivity index (χ2n) is 4.64. The van der Waals surface area contributed by atoms with Gasteiger partial charge in [0.1, 0.15) is 11.6 Å². The Morgan fingerprint density at radius 2 is 1.80 bits per heavy atom. The molecule has 0 saturated carbocycles. The third-order valence-corrected chi connectivity index (χ3v) is 3.87. The fourth-order valence-corrected chi connectivity index (χ4v) is 2.58. The van der Waals surface area contributed by atoms with Crippen LogP contribution in [0.3, 0.4) is 0 Å². The lowest BCUT2D eigenvalue weighted by Crippen LogP contribution is -2.24. The van der Waals surface area contributed by atoms with Crippen molar-refractivity contribution in [1.82, 2.24) is 5.32 Å². The first-order valence-electron chi connectivity index (χ1n) is 6.48. The van der Waals surface area contributed by atoms with Crippen molar-refractivity contribution in [3.05, 3.63) is 69.2 Å². The molecule has 0 saturated heterocycles. The van der Waals surface area contributed by atoms with E-state index in [-0.39, 0.29) is 10.5 Å². The van der Waals surface area contributed by atoms with Crippen LogP contribution in [0.15, 0.2) is 40.9 Å². The molecule has 2 aromatic rings. The van der Waals surface area contributed by atoms with Crippen LogP contribution in [0, 0.1) is 18.6 Å². The molecular weight excluding hydrogens is 324 g/mol. The van der Waals surface area contributed by atoms with E-state index in [1.165, 1.54) is 12.1 Å². The molecule has 0 fully saturated rings. The Morgan fingerprint density at radius 3 is 2.45 bits per heavy atom. The van der Waals surface area contributed by atoms with Crippen molar-refractivity contribution in [2.24, 2.45) is 0 Å². The fourth-order valence-electron chi connectivity index (χ4n) is 2.26. The zero-order chi connectivity index (χ0) is 14.7. The Bertz CT molecular complexity index is 613. The van der Waals surface area contributed by atoms with Crippen LogP contribution in [0.1, 0.15) is 29.7 Å². The van der Waals surface area contributed by atoms with Gasteiger partial charge in [-0.05, 0) is 52.7 Å². The first-order valence-corrected chi connectivity index (χ1v) is 7.27. The van der Waals surface area contributed by atoms with E-state index in [0.29, 0.717) is 12.1 Å². The van der Waals surface area contributed by atoms with Crippen LogP contribution in [0.25, 0.3) is 0 Å². The van der Waals surface area contributed by atoms with E-state index in [2.05, 4.69) is 21.2 Å². The van der Waals surface area contributed by atoms with E-state index in [1.54, 1.807) is 0 Å². The standard InChI is InChI=1S/C16H16BrF2N/c1-3-20-16(11-7-5-4-6-10(11)2)12-8-15(19)13(17)9-14(12)18/h4-9,16,20H,3H2,1-2H3. The average Bonchev–Trinajstić information content (AvgIpc) is 2.42. The van der Waals surface area contributed by atoms with E-state index in [0.717, 1.165) is 11.1 Å². The van der Waals surface area contributed by atoms with Crippen LogP contribution in [-0.2, 0) is 0 Å². The highest BCUT2D eigenvalue weighted by Gasteiger charge is 2.20. The maximum Gasteiger partial charge on any atom is 0.137 e. The minimum Gasteiger partial charge on any atom is -0.306 e. The molecule has 1 unspecified atom stereocenters. The zero-order valence-corrected chi connectivity index (χ0v) is 13.0. The highest BCUT2D eigenvalue weighted by atomic mass is 79.9. The second-order valence-corrected chi connectivity index (χ2v) is 5.49. The van der Waals surface area contributed by atoms with Gasteiger partial charge in [0.25, 0.3) is 0 Å². The number of hydrogen-bond donors (Lipinski definition) is 1. The smallest absolute Gasteiger partial charge is 0.137 e. The first-order chi connectivity index (χ1) is 9.54. The molecule has 2 aromatic carbocycles. The molecule has 106 valence electrons. The summed E-state index contributed by atoms with van der Waals surface area (Å²) in [5.41, 5.74) is 2.32. The van der Waals surface area contributed by atoms with Crippen molar-refractivity contribution in [2.45, 2.75) is 19.9 Å². The minimum absolute atomic E-state index is 0.138. The summed E-state index contributed by atoms with van der Waals surface area (Å²) >= 11 is 3.00. The van der Waals surface area contributed by atoms with Crippen molar-refractivity contribution in [3.8, 4) is 0 Å². The van der Waals surface area contributed by atoms with Crippen LogP contribution >= 0.6 is 15.9 Å². The molecule has 0 radical (unpaired) electrons. The summed E-state index contributed by atoms with van der Waals surface area (Å²) in [5.74, 6) is -0.884. The average molecular weight is 340 g/mol. The van der Waals surface area contributed by atoms with Crippen molar-refractivity contribution in [1.29, 1.82) is 0 Å². The first kappa shape index (κ1) is 15.1. The van der Waals surface area contributed by atoms with E-state index in [1.807, 2.05) is 38.1 Å². The summed E-state index contributed by atoms with van der Waals surface area (Å²) in [6.45, 7) is 4.57. The van der Waals surface area contributed by atoms with Gasteiger partial charge < -0.3 is 5.32 Å². The summed E-state index contributed by atoms with van der Waals surface area (Å²) in [6, 6.07) is 9.80. The number of rotatable bonds is 4. The Labute approximate surface area is 126 Å². The molecule has 1 nitrogen and oxygen atoms in total. The van der Waals surface area contributed by atoms with Gasteiger partial charge in [0.15, 0.2) is 0 Å². The molecule has 0 amide bonds. The van der Waals surface area contributed by atoms with E-state index in [9.17, 15) is 8.78 Å². The van der Waals surface area contributed by atoms with Gasteiger partial charge in [-0.3, -0.25) is 0 Å². The SMILES string of the molecule is CCNC(c1ccccc1C)c1cc(F)c(Br)cc1F. The molecule has 1 atom stereocenters. The monoisotopic (exact) mass is 339 g/mol. The second kappa shape index (κ2) is 6.46. The normalized spacial score (nSPS) is 12.4. The number of nitrogens with one attached hydrogen (secondary N) is 1. The quantitative estimate of drug-likeness (QED) is 0.793. The maximum absolute atomic E-state index is 14.2. The third kappa shape index (κ3) is 3.07. The summed E-state index contributed by atoms with van der Waals surface area (Å²) in [6.07, 6.45) is 0. The van der Waals surface area contributed by atoms with Gasteiger partial charge in [0.05, 0.1) is 10.5 Å². The summed E-state index contributed by atoms with van der Waals surface area (Å²) in [7, 11) is 0. The molecule has 1 N–H and O–H groups in total. The Morgan fingerprint density at radius 1 is 1.10 bits per heavy atom. The minimum atomic E-state index is -0.460. The zero-order valence-electron chi connectivity index (χ0n) is 11.4. The van der Waals surface area contributed by atoms with Crippen molar-refractivity contribution in [3.63, 3.8) is 0 Å². The highest BCUT2D eigenvalue weighted by molar-refractivity contribution is 9.10. The van der Waals surface area contributed by atoms with Gasteiger partial charge in [-0.1, -0.05) is 31.2 Å². The molecule has 2 rings (SSSR count). The molecule has 0 bridgehead atoms. The summed E-state index contributed by atoms with van der Waals surface area (Å²) in [5, 5.41) is 3.22. The molecule has 20 heavy (non-hydrogen) atoms. The molecule has 0 aliphatic carbocycles. The lowest BCUT2D eigenvalue weighted by molar-refractivity contribution is 0.541.